The van der Waals surface area contributed by atoms with Crippen LogP contribution in [0, 0.1) is 0 Å². The Balaban J connectivity index is 1.86. The van der Waals surface area contributed by atoms with E-state index in [9.17, 15) is 24.1 Å². The van der Waals surface area contributed by atoms with Gasteiger partial charge in [0.1, 0.15) is 11.7 Å². The van der Waals surface area contributed by atoms with Crippen molar-refractivity contribution in [1.29, 1.82) is 0 Å². The molecule has 13 nitrogen and oxygen atoms in total. The number of ether oxygens (including phenoxy) is 1. The fourth-order valence-electron chi connectivity index (χ4n) is 4.72. The van der Waals surface area contributed by atoms with Crippen molar-refractivity contribution >= 4 is 25.5 Å². The molecule has 1 aromatic carbocycles. The largest absolute Gasteiger partial charge is 0.449 e. The highest BCUT2D eigenvalue weighted by molar-refractivity contribution is 7.54. The average molecular weight is 648 g/mol. The number of aliphatic hydroxyl groups is 1. The predicted molar refractivity (Wildman–Crippen MR) is 169 cm³/mol. The molecule has 0 aliphatic carbocycles. The quantitative estimate of drug-likeness (QED) is 0.202. The number of unbranched alkanes of at least 4 members (excludes halogenated alkanes) is 1. The van der Waals surface area contributed by atoms with E-state index in [1.165, 1.54) is 11.0 Å². The summed E-state index contributed by atoms with van der Waals surface area (Å²) in [6.07, 6.45) is 1.12. The first-order valence-electron chi connectivity index (χ1n) is 15.6. The van der Waals surface area contributed by atoms with Gasteiger partial charge in [0.05, 0.1) is 32.1 Å². The molecule has 2 heterocycles. The lowest BCUT2D eigenvalue weighted by Gasteiger charge is -2.36. The topological polar surface area (TPSA) is 160 Å². The summed E-state index contributed by atoms with van der Waals surface area (Å²) < 4.78 is 29.8. The molecule has 3 rings (SSSR count). The van der Waals surface area contributed by atoms with Crippen LogP contribution in [-0.2, 0) is 29.6 Å². The number of aromatic nitrogens is 2. The highest BCUT2D eigenvalue weighted by atomic mass is 31.2. The SMILES string of the molecule is CCCCOC(=O)N1CCN(C(=O)[C@H](CP(=O)(OCC)OCC)NC(=O)c2cc(CCC(C)O)nc(-c3ccccc3)n2)CC1. The number of hydrogen-bond donors (Lipinski definition) is 2. The summed E-state index contributed by atoms with van der Waals surface area (Å²) in [6, 6.07) is 9.43. The molecule has 45 heavy (non-hydrogen) atoms. The fourth-order valence-corrected chi connectivity index (χ4v) is 6.48. The van der Waals surface area contributed by atoms with Gasteiger partial charge >= 0.3 is 13.7 Å². The van der Waals surface area contributed by atoms with Crippen molar-refractivity contribution in [1.82, 2.24) is 25.1 Å². The van der Waals surface area contributed by atoms with Gasteiger partial charge in [-0.3, -0.25) is 14.2 Å². The zero-order chi connectivity index (χ0) is 32.8. The second-order valence-electron chi connectivity index (χ2n) is 10.8. The van der Waals surface area contributed by atoms with E-state index in [0.717, 1.165) is 12.8 Å². The summed E-state index contributed by atoms with van der Waals surface area (Å²) >= 11 is 0. The molecule has 2 N–H and O–H groups in total. The number of nitrogens with one attached hydrogen (secondary N) is 1. The van der Waals surface area contributed by atoms with Crippen LogP contribution in [0.1, 0.15) is 63.1 Å². The first-order valence-corrected chi connectivity index (χ1v) is 17.3. The van der Waals surface area contributed by atoms with E-state index >= 15 is 0 Å². The lowest BCUT2D eigenvalue weighted by Crippen LogP contribution is -2.57. The molecule has 1 saturated heterocycles. The zero-order valence-corrected chi connectivity index (χ0v) is 27.5. The van der Waals surface area contributed by atoms with Crippen LogP contribution >= 0.6 is 7.60 Å². The van der Waals surface area contributed by atoms with Crippen LogP contribution in [0.3, 0.4) is 0 Å². The number of carbonyl (C=O) groups excluding carboxylic acids is 3. The van der Waals surface area contributed by atoms with Gasteiger partial charge in [-0.05, 0) is 46.1 Å². The maximum absolute atomic E-state index is 13.9. The Morgan fingerprint density at radius 1 is 1.00 bits per heavy atom. The van der Waals surface area contributed by atoms with E-state index in [1.54, 1.807) is 25.7 Å². The molecule has 1 aliphatic rings. The van der Waals surface area contributed by atoms with Gasteiger partial charge in [-0.2, -0.15) is 0 Å². The maximum Gasteiger partial charge on any atom is 0.409 e. The van der Waals surface area contributed by atoms with Gasteiger partial charge in [0.15, 0.2) is 5.82 Å². The third-order valence-corrected chi connectivity index (χ3v) is 9.21. The highest BCUT2D eigenvalue weighted by Crippen LogP contribution is 2.48. The number of piperazine rings is 1. The van der Waals surface area contributed by atoms with E-state index in [0.29, 0.717) is 36.5 Å². The summed E-state index contributed by atoms with van der Waals surface area (Å²) in [5, 5.41) is 12.6. The molecule has 1 aromatic heterocycles. The highest BCUT2D eigenvalue weighted by Gasteiger charge is 2.37. The monoisotopic (exact) mass is 647 g/mol. The van der Waals surface area contributed by atoms with E-state index < -0.39 is 37.6 Å². The Morgan fingerprint density at radius 2 is 1.64 bits per heavy atom. The molecular weight excluding hydrogens is 601 g/mol. The predicted octanol–water partition coefficient (Wildman–Crippen LogP) is 3.90. The van der Waals surface area contributed by atoms with Crippen LogP contribution in [0.25, 0.3) is 11.4 Å². The minimum atomic E-state index is -3.77. The lowest BCUT2D eigenvalue weighted by atomic mass is 10.1. The molecule has 248 valence electrons. The second-order valence-corrected chi connectivity index (χ2v) is 12.9. The van der Waals surface area contributed by atoms with Gasteiger partial charge in [0.2, 0.25) is 5.91 Å². The van der Waals surface area contributed by atoms with Crippen molar-refractivity contribution in [3.63, 3.8) is 0 Å². The number of hydrogen-bond acceptors (Lipinski definition) is 10. The molecule has 0 saturated carbocycles. The normalized spacial score (nSPS) is 15.0. The number of aliphatic hydroxyl groups excluding tert-OH is 1. The number of aryl methyl sites for hydroxylation is 1. The summed E-state index contributed by atoms with van der Waals surface area (Å²) in [6.45, 7) is 8.45. The number of nitrogens with zero attached hydrogens (tertiary/aromatic N) is 4. The Kier molecular flexibility index (Phi) is 14.4. The van der Waals surface area contributed by atoms with Crippen molar-refractivity contribution in [3.8, 4) is 11.4 Å². The molecule has 3 amide bonds. The van der Waals surface area contributed by atoms with Crippen LogP contribution < -0.4 is 5.32 Å². The third kappa shape index (κ3) is 11.2. The van der Waals surface area contributed by atoms with E-state index in [1.807, 2.05) is 37.3 Å². The van der Waals surface area contributed by atoms with Crippen LogP contribution in [0.4, 0.5) is 4.79 Å². The van der Waals surface area contributed by atoms with Crippen molar-refractivity contribution in [2.45, 2.75) is 65.5 Å². The maximum atomic E-state index is 13.9. The molecule has 1 aliphatic heterocycles. The molecule has 2 aromatic rings. The van der Waals surface area contributed by atoms with Crippen LogP contribution in [0.15, 0.2) is 36.4 Å². The van der Waals surface area contributed by atoms with Crippen molar-refractivity contribution < 1.29 is 37.8 Å². The molecule has 1 unspecified atom stereocenters. The Morgan fingerprint density at radius 3 is 2.24 bits per heavy atom. The lowest BCUT2D eigenvalue weighted by molar-refractivity contribution is -0.134. The molecule has 0 spiro atoms. The van der Waals surface area contributed by atoms with Gasteiger partial charge in [-0.25, -0.2) is 14.8 Å². The van der Waals surface area contributed by atoms with Crippen molar-refractivity contribution in [2.24, 2.45) is 0 Å². The Labute approximate surface area is 265 Å². The second kappa shape index (κ2) is 17.9. The number of amides is 3. The average Bonchev–Trinajstić information content (AvgIpc) is 3.03. The van der Waals surface area contributed by atoms with Crippen molar-refractivity contribution in [3.05, 3.63) is 47.8 Å². The number of rotatable bonds is 16. The zero-order valence-electron chi connectivity index (χ0n) is 26.6. The first kappa shape index (κ1) is 36.1. The van der Waals surface area contributed by atoms with Crippen LogP contribution in [0.5, 0.6) is 0 Å². The standard InChI is InChI=1S/C31H46N5O8P/c1-5-8-20-42-31(40)36-18-16-35(17-19-36)30(39)27(22-45(41,43-6-2)44-7-3)34-29(38)26-21-25(15-14-23(4)37)32-28(33-26)24-12-10-9-11-13-24/h9-13,21,23,27,37H,5-8,14-20,22H2,1-4H3,(H,34,38)/t23?,27-/m0/s1. The van der Waals surface area contributed by atoms with Gasteiger partial charge in [0.25, 0.3) is 5.91 Å². The van der Waals surface area contributed by atoms with Gasteiger partial charge in [0, 0.05) is 37.4 Å². The van der Waals surface area contributed by atoms with Gasteiger partial charge < -0.3 is 34.0 Å². The molecular formula is C31H46N5O8P. The molecule has 14 heteroatoms. The summed E-state index contributed by atoms with van der Waals surface area (Å²) in [4.78, 5) is 52.1. The van der Waals surface area contributed by atoms with Crippen LogP contribution in [0.2, 0.25) is 0 Å². The first-order chi connectivity index (χ1) is 21.6. The third-order valence-electron chi connectivity index (χ3n) is 7.10. The molecule has 0 bridgehead atoms. The fraction of sp³-hybridized carbons (Fsp3) is 0.581. The minimum absolute atomic E-state index is 0.0181. The van der Waals surface area contributed by atoms with E-state index in [-0.39, 0.29) is 51.2 Å². The number of benzene rings is 1. The molecule has 2 atom stereocenters. The number of carbonyl (C=O) groups is 3. The summed E-state index contributed by atoms with van der Waals surface area (Å²) in [5.74, 6) is -0.819. The van der Waals surface area contributed by atoms with Crippen LogP contribution in [-0.4, -0.2) is 107 Å². The van der Waals surface area contributed by atoms with E-state index in [4.69, 9.17) is 13.8 Å². The summed E-state index contributed by atoms with van der Waals surface area (Å²) in [5.41, 5.74) is 1.26. The summed E-state index contributed by atoms with van der Waals surface area (Å²) in [7, 11) is -3.77. The van der Waals surface area contributed by atoms with Gasteiger partial charge in [-0.15, -0.1) is 0 Å². The van der Waals surface area contributed by atoms with Gasteiger partial charge in [-0.1, -0.05) is 43.7 Å². The molecule has 0 radical (unpaired) electrons. The Hall–Kier alpha value is -3.38. The van der Waals surface area contributed by atoms with Crippen molar-refractivity contribution in [2.75, 3.05) is 52.2 Å². The molecule has 1 fully saturated rings. The minimum Gasteiger partial charge on any atom is -0.449 e. The van der Waals surface area contributed by atoms with E-state index in [2.05, 4.69) is 15.3 Å². The smallest absolute Gasteiger partial charge is 0.409 e. The Bertz CT molecular complexity index is 1290.